The summed E-state index contributed by atoms with van der Waals surface area (Å²) in [6.45, 7) is 1.28. The van der Waals surface area contributed by atoms with Crippen molar-refractivity contribution in [1.29, 1.82) is 0 Å². The molecule has 0 spiro atoms. The van der Waals surface area contributed by atoms with Gasteiger partial charge in [-0.3, -0.25) is 9.55 Å². The predicted molar refractivity (Wildman–Crippen MR) is 131 cm³/mol. The Morgan fingerprint density at radius 3 is 2.72 bits per heavy atom. The van der Waals surface area contributed by atoms with Crippen LogP contribution in [0.15, 0.2) is 61.1 Å². The maximum absolute atomic E-state index is 14.9. The third kappa shape index (κ3) is 3.98. The van der Waals surface area contributed by atoms with Crippen LogP contribution in [0.3, 0.4) is 0 Å². The quantitative estimate of drug-likeness (QED) is 0.361. The van der Waals surface area contributed by atoms with E-state index in [2.05, 4.69) is 37.2 Å². The second-order valence-electron chi connectivity index (χ2n) is 9.53. The molecule has 36 heavy (non-hydrogen) atoms. The van der Waals surface area contributed by atoms with Crippen molar-refractivity contribution in [2.75, 3.05) is 18.6 Å². The lowest BCUT2D eigenvalue weighted by atomic mass is 9.95. The molecule has 4 aromatic rings. The lowest BCUT2D eigenvalue weighted by Crippen LogP contribution is -2.28. The van der Waals surface area contributed by atoms with E-state index in [1.165, 1.54) is 6.07 Å². The number of nitrogens with zero attached hydrogens (tertiary/aromatic N) is 6. The van der Waals surface area contributed by atoms with E-state index in [4.69, 9.17) is 4.74 Å². The molecule has 1 aliphatic heterocycles. The number of ether oxygens (including phenoxy) is 1. The van der Waals surface area contributed by atoms with Gasteiger partial charge in [0.15, 0.2) is 5.82 Å². The Labute approximate surface area is 207 Å². The van der Waals surface area contributed by atoms with Crippen LogP contribution in [0.2, 0.25) is 0 Å². The highest BCUT2D eigenvalue weighted by atomic mass is 19.1. The van der Waals surface area contributed by atoms with Crippen molar-refractivity contribution in [3.63, 3.8) is 0 Å². The number of hydrogen-bond acceptors (Lipinski definition) is 6. The van der Waals surface area contributed by atoms with Gasteiger partial charge in [-0.15, -0.1) is 10.2 Å². The number of aromatic nitrogens is 5. The second-order valence-corrected chi connectivity index (χ2v) is 9.53. The van der Waals surface area contributed by atoms with Crippen molar-refractivity contribution in [2.24, 2.45) is 0 Å². The third-order valence-corrected chi connectivity index (χ3v) is 7.33. The SMILES string of the molecule is COc1cccc(C2CCCN2c2nnc(-c3cnccn3)n2CC2(c3ccc(F)cc3F)CC2)c1. The number of methoxy groups -OCH3 is 1. The van der Waals surface area contributed by atoms with E-state index in [0.29, 0.717) is 23.6 Å². The van der Waals surface area contributed by atoms with Crippen LogP contribution in [0, 0.1) is 11.6 Å². The summed E-state index contributed by atoms with van der Waals surface area (Å²) in [4.78, 5) is 10.9. The summed E-state index contributed by atoms with van der Waals surface area (Å²) in [5.41, 5.74) is 1.83. The van der Waals surface area contributed by atoms with Crippen molar-refractivity contribution in [3.05, 3.63) is 83.8 Å². The Balaban J connectivity index is 1.43. The average molecular weight is 489 g/mol. The number of benzene rings is 2. The molecule has 184 valence electrons. The molecule has 2 aromatic carbocycles. The van der Waals surface area contributed by atoms with Crippen LogP contribution in [0.4, 0.5) is 14.7 Å². The van der Waals surface area contributed by atoms with Crippen LogP contribution in [0.1, 0.15) is 42.9 Å². The summed E-state index contributed by atoms with van der Waals surface area (Å²) in [7, 11) is 1.67. The summed E-state index contributed by atoms with van der Waals surface area (Å²) in [5, 5.41) is 9.15. The maximum atomic E-state index is 14.9. The van der Waals surface area contributed by atoms with Crippen LogP contribution < -0.4 is 9.64 Å². The molecule has 1 unspecified atom stereocenters. The van der Waals surface area contributed by atoms with Gasteiger partial charge in [0, 0.05) is 37.0 Å². The van der Waals surface area contributed by atoms with Gasteiger partial charge in [-0.2, -0.15) is 0 Å². The topological polar surface area (TPSA) is 69.0 Å². The van der Waals surface area contributed by atoms with Crippen molar-refractivity contribution < 1.29 is 13.5 Å². The van der Waals surface area contributed by atoms with Crippen molar-refractivity contribution in [1.82, 2.24) is 24.7 Å². The lowest BCUT2D eigenvalue weighted by Gasteiger charge is -2.28. The zero-order valence-electron chi connectivity index (χ0n) is 19.9. The Kier molecular flexibility index (Phi) is 5.62. The molecule has 7 nitrogen and oxygen atoms in total. The lowest BCUT2D eigenvalue weighted by molar-refractivity contribution is 0.413. The van der Waals surface area contributed by atoms with Gasteiger partial charge < -0.3 is 9.64 Å². The first-order valence-corrected chi connectivity index (χ1v) is 12.1. The maximum Gasteiger partial charge on any atom is 0.228 e. The number of anilines is 1. The smallest absolute Gasteiger partial charge is 0.228 e. The molecule has 2 aliphatic rings. The molecular formula is C27H26F2N6O. The van der Waals surface area contributed by atoms with Crippen molar-refractivity contribution in [3.8, 4) is 17.3 Å². The molecule has 0 amide bonds. The van der Waals surface area contributed by atoms with E-state index in [0.717, 1.165) is 55.6 Å². The van der Waals surface area contributed by atoms with Gasteiger partial charge in [0.1, 0.15) is 23.1 Å². The van der Waals surface area contributed by atoms with Crippen LogP contribution in [-0.4, -0.2) is 38.4 Å². The molecule has 1 atom stereocenters. The molecule has 2 aromatic heterocycles. The van der Waals surface area contributed by atoms with Gasteiger partial charge >= 0.3 is 0 Å². The van der Waals surface area contributed by atoms with E-state index in [1.807, 2.05) is 16.7 Å². The fraction of sp³-hybridized carbons (Fsp3) is 0.333. The van der Waals surface area contributed by atoms with E-state index in [1.54, 1.807) is 31.8 Å². The number of halogens is 2. The molecule has 1 aliphatic carbocycles. The highest BCUT2D eigenvalue weighted by molar-refractivity contribution is 5.54. The molecule has 6 rings (SSSR count). The number of rotatable bonds is 7. The van der Waals surface area contributed by atoms with E-state index in [-0.39, 0.29) is 6.04 Å². The summed E-state index contributed by atoms with van der Waals surface area (Å²) in [5.74, 6) is 1.02. The first-order valence-electron chi connectivity index (χ1n) is 12.1. The molecule has 0 bridgehead atoms. The highest BCUT2D eigenvalue weighted by Gasteiger charge is 2.48. The summed E-state index contributed by atoms with van der Waals surface area (Å²) < 4.78 is 36.0. The van der Waals surface area contributed by atoms with Crippen LogP contribution in [-0.2, 0) is 12.0 Å². The van der Waals surface area contributed by atoms with Gasteiger partial charge in [0.05, 0.1) is 19.3 Å². The fourth-order valence-corrected chi connectivity index (χ4v) is 5.34. The molecule has 1 saturated heterocycles. The summed E-state index contributed by atoms with van der Waals surface area (Å²) in [6.07, 6.45) is 8.46. The van der Waals surface area contributed by atoms with Gasteiger partial charge in [0.2, 0.25) is 5.95 Å². The Hall–Kier alpha value is -3.88. The van der Waals surface area contributed by atoms with Gasteiger partial charge in [-0.25, -0.2) is 13.8 Å². The van der Waals surface area contributed by atoms with Crippen LogP contribution in [0.25, 0.3) is 11.5 Å². The van der Waals surface area contributed by atoms with Gasteiger partial charge in [-0.05, 0) is 55.0 Å². The largest absolute Gasteiger partial charge is 0.497 e. The van der Waals surface area contributed by atoms with Crippen LogP contribution >= 0.6 is 0 Å². The first kappa shape index (κ1) is 22.6. The van der Waals surface area contributed by atoms with Crippen molar-refractivity contribution in [2.45, 2.75) is 43.7 Å². The predicted octanol–water partition coefficient (Wildman–Crippen LogP) is 5.10. The minimum absolute atomic E-state index is 0.107. The number of hydrogen-bond donors (Lipinski definition) is 0. The van der Waals surface area contributed by atoms with Gasteiger partial charge in [0.25, 0.3) is 0 Å². The second kappa shape index (κ2) is 8.96. The summed E-state index contributed by atoms with van der Waals surface area (Å²) in [6, 6.07) is 12.1. The Morgan fingerprint density at radius 2 is 1.97 bits per heavy atom. The Bertz CT molecular complexity index is 1390. The minimum atomic E-state index is -0.574. The van der Waals surface area contributed by atoms with Crippen molar-refractivity contribution >= 4 is 5.95 Å². The molecule has 2 fully saturated rings. The third-order valence-electron chi connectivity index (χ3n) is 7.33. The van der Waals surface area contributed by atoms with E-state index < -0.39 is 17.0 Å². The fourth-order valence-electron chi connectivity index (χ4n) is 5.34. The molecule has 0 radical (unpaired) electrons. The molecule has 9 heteroatoms. The monoisotopic (exact) mass is 488 g/mol. The van der Waals surface area contributed by atoms with E-state index in [9.17, 15) is 8.78 Å². The molecular weight excluding hydrogens is 462 g/mol. The van der Waals surface area contributed by atoms with Gasteiger partial charge in [-0.1, -0.05) is 18.2 Å². The zero-order valence-corrected chi connectivity index (χ0v) is 19.9. The average Bonchev–Trinajstić information content (AvgIpc) is 3.31. The first-order chi connectivity index (χ1) is 17.6. The zero-order chi connectivity index (χ0) is 24.7. The normalized spacial score (nSPS) is 18.4. The van der Waals surface area contributed by atoms with Crippen LogP contribution in [0.5, 0.6) is 5.75 Å². The molecule has 1 saturated carbocycles. The molecule has 3 heterocycles. The van der Waals surface area contributed by atoms with E-state index >= 15 is 0 Å². The Morgan fingerprint density at radius 1 is 1.08 bits per heavy atom. The standard InChI is InChI=1S/C27H26F2N6O/c1-36-20-5-2-4-18(14-20)24-6-3-13-34(24)26-33-32-25(23-16-30-11-12-31-23)35(26)17-27(9-10-27)21-8-7-19(28)15-22(21)29/h2,4-5,7-8,11-12,14-16,24H,3,6,9-10,13,17H2,1H3. The summed E-state index contributed by atoms with van der Waals surface area (Å²) >= 11 is 0. The highest BCUT2D eigenvalue weighted by Crippen LogP contribution is 2.51. The minimum Gasteiger partial charge on any atom is -0.497 e. The molecule has 0 N–H and O–H groups in total.